The lowest BCUT2D eigenvalue weighted by Crippen LogP contribution is -2.03. The molecule has 59 valence electrons. The van der Waals surface area contributed by atoms with Gasteiger partial charge in [-0.3, -0.25) is 0 Å². The Bertz CT molecular complexity index is 191. The topological polar surface area (TPSA) is 9.23 Å². The minimum atomic E-state index is 0.583. The van der Waals surface area contributed by atoms with Crippen molar-refractivity contribution >= 4 is 0 Å². The Morgan fingerprint density at radius 3 is 2.55 bits per heavy atom. The molecule has 0 atom stereocenters. The van der Waals surface area contributed by atoms with E-state index in [0.717, 1.165) is 12.4 Å². The van der Waals surface area contributed by atoms with E-state index in [1.54, 1.807) is 0 Å². The van der Waals surface area contributed by atoms with Gasteiger partial charge in [0.1, 0.15) is 5.75 Å². The standard InChI is InChI=1S/C10H13O/c1-9(2)8-11-10-6-4-3-5-7-10/h4-7,9H,8H2,1-2H3. The molecule has 11 heavy (non-hydrogen) atoms. The fraction of sp³-hybridized carbons (Fsp3) is 0.400. The zero-order chi connectivity index (χ0) is 8.10. The number of hydrogen-bond donors (Lipinski definition) is 0. The van der Waals surface area contributed by atoms with Gasteiger partial charge in [-0.1, -0.05) is 26.0 Å². The average molecular weight is 149 g/mol. The van der Waals surface area contributed by atoms with Crippen molar-refractivity contribution in [1.82, 2.24) is 0 Å². The summed E-state index contributed by atoms with van der Waals surface area (Å²) in [7, 11) is 0. The van der Waals surface area contributed by atoms with Crippen LogP contribution in [-0.2, 0) is 0 Å². The monoisotopic (exact) mass is 149 g/mol. The minimum absolute atomic E-state index is 0.583. The Kier molecular flexibility index (Phi) is 2.96. The summed E-state index contributed by atoms with van der Waals surface area (Å²) >= 11 is 0. The summed E-state index contributed by atoms with van der Waals surface area (Å²) in [6, 6.07) is 10.5. The molecule has 0 saturated heterocycles. The van der Waals surface area contributed by atoms with Crippen LogP contribution in [0.5, 0.6) is 5.75 Å². The molecule has 0 spiro atoms. The molecular weight excluding hydrogens is 136 g/mol. The van der Waals surface area contributed by atoms with Crippen molar-refractivity contribution in [1.29, 1.82) is 0 Å². The van der Waals surface area contributed by atoms with Crippen molar-refractivity contribution in [3.8, 4) is 5.75 Å². The highest BCUT2D eigenvalue weighted by molar-refractivity contribution is 5.20. The van der Waals surface area contributed by atoms with Crippen molar-refractivity contribution in [3.63, 3.8) is 0 Å². The van der Waals surface area contributed by atoms with Crippen LogP contribution in [0.1, 0.15) is 13.8 Å². The summed E-state index contributed by atoms with van der Waals surface area (Å²) in [5, 5.41) is 0. The average Bonchev–Trinajstić information content (AvgIpc) is 2.03. The van der Waals surface area contributed by atoms with Crippen LogP contribution in [0.4, 0.5) is 0 Å². The molecule has 0 saturated carbocycles. The van der Waals surface area contributed by atoms with E-state index in [0.29, 0.717) is 5.92 Å². The van der Waals surface area contributed by atoms with Gasteiger partial charge in [-0.2, -0.15) is 0 Å². The minimum Gasteiger partial charge on any atom is -0.493 e. The summed E-state index contributed by atoms with van der Waals surface area (Å²) in [6.45, 7) is 5.05. The highest BCUT2D eigenvalue weighted by Gasteiger charge is 1.94. The van der Waals surface area contributed by atoms with Gasteiger partial charge in [-0.15, -0.1) is 0 Å². The first-order chi connectivity index (χ1) is 5.29. The van der Waals surface area contributed by atoms with E-state index in [4.69, 9.17) is 4.74 Å². The molecule has 1 rings (SSSR count). The fourth-order valence-electron chi connectivity index (χ4n) is 0.731. The van der Waals surface area contributed by atoms with E-state index in [2.05, 4.69) is 19.9 Å². The maximum Gasteiger partial charge on any atom is 0.119 e. The second kappa shape index (κ2) is 4.02. The maximum atomic E-state index is 5.45. The number of ether oxygens (including phenoxy) is 1. The van der Waals surface area contributed by atoms with E-state index in [-0.39, 0.29) is 0 Å². The predicted molar refractivity (Wildman–Crippen MR) is 45.6 cm³/mol. The van der Waals surface area contributed by atoms with Gasteiger partial charge in [-0.05, 0) is 24.1 Å². The van der Waals surface area contributed by atoms with E-state index < -0.39 is 0 Å². The van der Waals surface area contributed by atoms with Crippen LogP contribution in [0, 0.1) is 12.0 Å². The van der Waals surface area contributed by atoms with Crippen LogP contribution < -0.4 is 4.74 Å². The summed E-state index contributed by atoms with van der Waals surface area (Å²) in [4.78, 5) is 0. The Morgan fingerprint density at radius 2 is 2.00 bits per heavy atom. The molecule has 1 radical (unpaired) electrons. The van der Waals surface area contributed by atoms with Crippen molar-refractivity contribution < 1.29 is 4.74 Å². The van der Waals surface area contributed by atoms with Crippen molar-refractivity contribution in [2.75, 3.05) is 6.61 Å². The predicted octanol–water partition coefficient (Wildman–Crippen LogP) is 2.52. The van der Waals surface area contributed by atoms with Crippen molar-refractivity contribution in [3.05, 3.63) is 30.3 Å². The fourth-order valence-corrected chi connectivity index (χ4v) is 0.731. The van der Waals surface area contributed by atoms with Crippen LogP contribution in [-0.4, -0.2) is 6.61 Å². The molecule has 0 heterocycles. The summed E-state index contributed by atoms with van der Waals surface area (Å²) in [5.74, 6) is 1.51. The number of rotatable bonds is 3. The largest absolute Gasteiger partial charge is 0.493 e. The molecule has 0 bridgehead atoms. The second-order valence-corrected chi connectivity index (χ2v) is 2.94. The quantitative estimate of drug-likeness (QED) is 0.641. The zero-order valence-electron chi connectivity index (χ0n) is 7.00. The number of benzene rings is 1. The van der Waals surface area contributed by atoms with Crippen LogP contribution in [0.2, 0.25) is 0 Å². The molecule has 0 aliphatic heterocycles. The third-order valence-corrected chi connectivity index (χ3v) is 1.27. The lowest BCUT2D eigenvalue weighted by atomic mass is 10.2. The molecule has 1 aromatic carbocycles. The first-order valence-corrected chi connectivity index (χ1v) is 3.88. The molecular formula is C10H13O. The van der Waals surface area contributed by atoms with Crippen molar-refractivity contribution in [2.45, 2.75) is 13.8 Å². The van der Waals surface area contributed by atoms with E-state index in [9.17, 15) is 0 Å². The molecule has 0 aliphatic carbocycles. The molecule has 0 fully saturated rings. The van der Waals surface area contributed by atoms with E-state index >= 15 is 0 Å². The summed E-state index contributed by atoms with van der Waals surface area (Å²) in [6.07, 6.45) is 0. The van der Waals surface area contributed by atoms with Gasteiger partial charge >= 0.3 is 0 Å². The molecule has 0 aromatic heterocycles. The van der Waals surface area contributed by atoms with Gasteiger partial charge < -0.3 is 4.74 Å². The molecule has 1 aromatic rings. The first-order valence-electron chi connectivity index (χ1n) is 3.88. The highest BCUT2D eigenvalue weighted by Crippen LogP contribution is 2.08. The molecule has 0 aliphatic rings. The normalized spacial score (nSPS) is 10.1. The molecule has 0 N–H and O–H groups in total. The molecule has 1 nitrogen and oxygen atoms in total. The Balaban J connectivity index is 2.39. The van der Waals surface area contributed by atoms with Crippen LogP contribution in [0.25, 0.3) is 0 Å². The molecule has 0 amide bonds. The third kappa shape index (κ3) is 3.08. The first kappa shape index (κ1) is 8.12. The molecule has 0 unspecified atom stereocenters. The lowest BCUT2D eigenvalue weighted by Gasteiger charge is -2.07. The maximum absolute atomic E-state index is 5.45. The molecule has 1 heteroatoms. The van der Waals surface area contributed by atoms with Gasteiger partial charge in [0.25, 0.3) is 0 Å². The van der Waals surface area contributed by atoms with E-state index in [1.807, 2.05) is 24.3 Å². The van der Waals surface area contributed by atoms with Crippen LogP contribution in [0.15, 0.2) is 24.3 Å². The Morgan fingerprint density at radius 1 is 1.36 bits per heavy atom. The highest BCUT2D eigenvalue weighted by atomic mass is 16.5. The SMILES string of the molecule is CC(C)COc1cc[c]cc1. The van der Waals surface area contributed by atoms with Gasteiger partial charge in [0.15, 0.2) is 0 Å². The zero-order valence-corrected chi connectivity index (χ0v) is 7.00. The second-order valence-electron chi connectivity index (χ2n) is 2.94. The number of hydrogen-bond acceptors (Lipinski definition) is 1. The summed E-state index contributed by atoms with van der Waals surface area (Å²) in [5.41, 5.74) is 0. The third-order valence-electron chi connectivity index (χ3n) is 1.27. The van der Waals surface area contributed by atoms with Crippen molar-refractivity contribution in [2.24, 2.45) is 5.92 Å². The Labute approximate surface area is 68.0 Å². The van der Waals surface area contributed by atoms with Gasteiger partial charge in [0.2, 0.25) is 0 Å². The summed E-state index contributed by atoms with van der Waals surface area (Å²) < 4.78 is 5.45. The lowest BCUT2D eigenvalue weighted by molar-refractivity contribution is 0.271. The van der Waals surface area contributed by atoms with Crippen LogP contribution >= 0.6 is 0 Å². The smallest absolute Gasteiger partial charge is 0.119 e. The van der Waals surface area contributed by atoms with E-state index in [1.165, 1.54) is 0 Å². The van der Waals surface area contributed by atoms with Crippen LogP contribution in [0.3, 0.4) is 0 Å². The van der Waals surface area contributed by atoms with Gasteiger partial charge in [0.05, 0.1) is 6.61 Å². The Hall–Kier alpha value is -0.980. The van der Waals surface area contributed by atoms with Gasteiger partial charge in [-0.25, -0.2) is 0 Å². The van der Waals surface area contributed by atoms with Gasteiger partial charge in [0, 0.05) is 0 Å².